The Bertz CT molecular complexity index is 1400. The van der Waals surface area contributed by atoms with Crippen molar-refractivity contribution in [3.63, 3.8) is 0 Å². The molecule has 192 valence electrons. The number of nitrogens with one attached hydrogen (secondary N) is 1. The normalized spacial score (nSPS) is 11.9. The molecule has 0 spiro atoms. The smallest absolute Gasteiger partial charge is 0.407 e. The first-order valence-corrected chi connectivity index (χ1v) is 16.5. The van der Waals surface area contributed by atoms with Crippen molar-refractivity contribution < 1.29 is 23.0 Å². The molecule has 4 rings (SSSR count). The number of amides is 1. The largest absolute Gasteiger partial charge is 0.453 e. The van der Waals surface area contributed by atoms with E-state index in [1.807, 2.05) is 6.92 Å². The summed E-state index contributed by atoms with van der Waals surface area (Å²) in [7, 11) is 0.0171. The predicted octanol–water partition coefficient (Wildman–Crippen LogP) is 5.43. The molecule has 3 heterocycles. The Kier molecular flexibility index (Phi) is 7.78. The molecule has 0 aliphatic rings. The zero-order valence-corrected chi connectivity index (χ0v) is 23.1. The lowest BCUT2D eigenvalue weighted by atomic mass is 10.1. The van der Waals surface area contributed by atoms with Gasteiger partial charge in [-0.05, 0) is 19.0 Å². The van der Waals surface area contributed by atoms with Crippen LogP contribution in [0, 0.1) is 18.6 Å². The molecule has 0 aliphatic heterocycles. The van der Waals surface area contributed by atoms with E-state index >= 15 is 8.78 Å². The minimum Gasteiger partial charge on any atom is -0.453 e. The zero-order chi connectivity index (χ0) is 26.0. The fourth-order valence-corrected chi connectivity index (χ4v) is 5.96. The van der Waals surface area contributed by atoms with Crippen molar-refractivity contribution in [2.45, 2.75) is 45.9 Å². The summed E-state index contributed by atoms with van der Waals surface area (Å²) in [4.78, 5) is 21.1. The van der Waals surface area contributed by atoms with Crippen LogP contribution in [0.25, 0.3) is 32.2 Å². The summed E-state index contributed by atoms with van der Waals surface area (Å²) < 4.78 is 41.9. The highest BCUT2D eigenvalue weighted by Gasteiger charge is 2.23. The zero-order valence-electron chi connectivity index (χ0n) is 20.5. The molecule has 0 radical (unpaired) electrons. The number of nitrogens with zero attached hydrogens (tertiary/aromatic N) is 5. The number of rotatable bonds is 9. The molecule has 9 nitrogen and oxygen atoms in total. The Hall–Kier alpha value is -2.81. The molecule has 0 bridgehead atoms. The van der Waals surface area contributed by atoms with Gasteiger partial charge in [-0.15, -0.1) is 27.8 Å². The molecular weight excluding hydrogens is 526 g/mol. The van der Waals surface area contributed by atoms with Crippen molar-refractivity contribution in [3.8, 4) is 21.1 Å². The maximum Gasteiger partial charge on any atom is 0.407 e. The summed E-state index contributed by atoms with van der Waals surface area (Å²) in [5.41, 5.74) is 1.12. The molecular formula is C22H26F2N6O3S2Si. The van der Waals surface area contributed by atoms with Crippen LogP contribution in [-0.4, -0.2) is 52.8 Å². The fourth-order valence-electron chi connectivity index (χ4n) is 3.35. The molecule has 1 amide bonds. The molecule has 0 unspecified atom stereocenters. The molecule has 36 heavy (non-hydrogen) atoms. The first-order chi connectivity index (χ1) is 17.1. The minimum atomic E-state index is -1.27. The number of aryl methyl sites for hydroxylation is 1. The van der Waals surface area contributed by atoms with Gasteiger partial charge >= 0.3 is 6.09 Å². The standard InChI is InChI=1S/C22H26F2N6O3S2Si/c1-12-20(35-16(26-12)9-25-22(31)32-2)15-10-34-21(27-15)13-8-14(23)19-18(17(13)24)28-29-30(19)11-33-6-7-36(3,4)5/h8,10H,6-7,9,11H2,1-5H3,(H,25,31). The number of thiazole rings is 2. The van der Waals surface area contributed by atoms with Gasteiger partial charge in [-0.2, -0.15) is 0 Å². The lowest BCUT2D eigenvalue weighted by Crippen LogP contribution is -2.22. The van der Waals surface area contributed by atoms with Crippen LogP contribution in [0.4, 0.5) is 13.6 Å². The number of alkyl carbamates (subject to hydrolysis) is 1. The SMILES string of the molecule is COC(=O)NCc1nc(C)c(-c2csc(-c3cc(F)c4c(nnn4COCC[Si](C)(C)C)c3F)n2)s1. The third-order valence-electron chi connectivity index (χ3n) is 5.26. The number of hydrogen-bond donors (Lipinski definition) is 1. The van der Waals surface area contributed by atoms with Gasteiger partial charge in [0, 0.05) is 20.1 Å². The molecule has 4 aromatic rings. The molecule has 14 heteroatoms. The Morgan fingerprint density at radius 1 is 1.25 bits per heavy atom. The van der Waals surface area contributed by atoms with Crippen molar-refractivity contribution >= 4 is 47.9 Å². The molecule has 0 saturated heterocycles. The summed E-state index contributed by atoms with van der Waals surface area (Å²) >= 11 is 2.55. The van der Waals surface area contributed by atoms with Crippen molar-refractivity contribution in [2.24, 2.45) is 0 Å². The van der Waals surface area contributed by atoms with E-state index in [-0.39, 0.29) is 29.9 Å². The van der Waals surface area contributed by atoms with Gasteiger partial charge in [0.05, 0.1) is 35.5 Å². The van der Waals surface area contributed by atoms with Crippen LogP contribution in [0.3, 0.4) is 0 Å². The first-order valence-electron chi connectivity index (χ1n) is 11.1. The Morgan fingerprint density at radius 2 is 2.03 bits per heavy atom. The molecule has 0 fully saturated rings. The Balaban J connectivity index is 1.56. The van der Waals surface area contributed by atoms with Crippen LogP contribution in [0.1, 0.15) is 10.7 Å². The number of carbonyl (C=O) groups excluding carboxylic acids is 1. The van der Waals surface area contributed by atoms with Gasteiger partial charge in [-0.3, -0.25) is 0 Å². The maximum absolute atomic E-state index is 15.4. The average molecular weight is 553 g/mol. The Labute approximate surface area is 215 Å². The summed E-state index contributed by atoms with van der Waals surface area (Å²) in [5, 5.41) is 13.1. The minimum absolute atomic E-state index is 0.00406. The molecule has 0 atom stereocenters. The number of hydrogen-bond acceptors (Lipinski definition) is 9. The monoisotopic (exact) mass is 552 g/mol. The van der Waals surface area contributed by atoms with Crippen LogP contribution in [0.15, 0.2) is 11.4 Å². The van der Waals surface area contributed by atoms with Crippen LogP contribution in [0.5, 0.6) is 0 Å². The Morgan fingerprint density at radius 3 is 2.75 bits per heavy atom. The van der Waals surface area contributed by atoms with Gasteiger partial charge in [0.1, 0.15) is 22.3 Å². The highest BCUT2D eigenvalue weighted by molar-refractivity contribution is 7.16. The highest BCUT2D eigenvalue weighted by Crippen LogP contribution is 2.36. The second-order valence-electron chi connectivity index (χ2n) is 9.26. The van der Waals surface area contributed by atoms with Gasteiger partial charge in [0.15, 0.2) is 17.2 Å². The number of aromatic nitrogens is 5. The second-order valence-corrected chi connectivity index (χ2v) is 16.8. The van der Waals surface area contributed by atoms with Crippen molar-refractivity contribution in [1.82, 2.24) is 30.3 Å². The highest BCUT2D eigenvalue weighted by atomic mass is 32.1. The van der Waals surface area contributed by atoms with E-state index in [2.05, 4.69) is 50.0 Å². The lowest BCUT2D eigenvalue weighted by Gasteiger charge is -2.15. The second kappa shape index (κ2) is 10.7. The number of carbonyl (C=O) groups is 1. The summed E-state index contributed by atoms with van der Waals surface area (Å²) in [6.07, 6.45) is -0.552. The molecule has 3 aromatic heterocycles. The topological polar surface area (TPSA) is 104 Å². The van der Waals surface area contributed by atoms with E-state index in [0.717, 1.165) is 22.7 Å². The fraction of sp³-hybridized carbons (Fsp3) is 0.409. The van der Waals surface area contributed by atoms with E-state index in [4.69, 9.17) is 4.74 Å². The van der Waals surface area contributed by atoms with Gasteiger partial charge in [-0.1, -0.05) is 24.9 Å². The predicted molar refractivity (Wildman–Crippen MR) is 138 cm³/mol. The van der Waals surface area contributed by atoms with Crippen LogP contribution >= 0.6 is 22.7 Å². The van der Waals surface area contributed by atoms with Crippen LogP contribution < -0.4 is 5.32 Å². The summed E-state index contributed by atoms with van der Waals surface area (Å²) in [6.45, 7) is 9.26. The average Bonchev–Trinajstić information content (AvgIpc) is 3.55. The summed E-state index contributed by atoms with van der Waals surface area (Å²) in [6, 6.07) is 2.07. The van der Waals surface area contributed by atoms with Crippen LogP contribution in [-0.2, 0) is 22.7 Å². The van der Waals surface area contributed by atoms with E-state index < -0.39 is 25.8 Å². The number of halogens is 2. The quantitative estimate of drug-likeness (QED) is 0.218. The van der Waals surface area contributed by atoms with Gasteiger partial charge < -0.3 is 14.8 Å². The third kappa shape index (κ3) is 5.77. The van der Waals surface area contributed by atoms with E-state index in [1.165, 1.54) is 34.5 Å². The molecule has 0 saturated carbocycles. The van der Waals surface area contributed by atoms with Crippen LogP contribution in [0.2, 0.25) is 25.7 Å². The third-order valence-corrected chi connectivity index (χ3v) is 9.02. The summed E-state index contributed by atoms with van der Waals surface area (Å²) in [5.74, 6) is -1.34. The number of benzene rings is 1. The lowest BCUT2D eigenvalue weighted by molar-refractivity contribution is 0.0799. The van der Waals surface area contributed by atoms with E-state index in [1.54, 1.807) is 5.38 Å². The van der Waals surface area contributed by atoms with Gasteiger partial charge in [-0.25, -0.2) is 28.2 Å². The molecule has 1 aromatic carbocycles. The molecule has 0 aliphatic carbocycles. The number of methoxy groups -OCH3 is 1. The van der Waals surface area contributed by atoms with Crippen molar-refractivity contribution in [1.29, 1.82) is 0 Å². The van der Waals surface area contributed by atoms with E-state index in [9.17, 15) is 4.79 Å². The van der Waals surface area contributed by atoms with Gasteiger partial charge in [0.25, 0.3) is 0 Å². The number of ether oxygens (including phenoxy) is 2. The number of fused-ring (bicyclic) bond motifs is 1. The van der Waals surface area contributed by atoms with E-state index in [0.29, 0.717) is 22.3 Å². The van der Waals surface area contributed by atoms with Crippen molar-refractivity contribution in [2.75, 3.05) is 13.7 Å². The first kappa shape index (κ1) is 26.3. The maximum atomic E-state index is 15.4. The van der Waals surface area contributed by atoms with Crippen molar-refractivity contribution in [3.05, 3.63) is 33.8 Å². The molecule has 1 N–H and O–H groups in total. The van der Waals surface area contributed by atoms with Gasteiger partial charge in [0.2, 0.25) is 0 Å².